The van der Waals surface area contributed by atoms with Crippen LogP contribution in [0.25, 0.3) is 0 Å². The highest BCUT2D eigenvalue weighted by molar-refractivity contribution is 5.80. The molecule has 2 fully saturated rings. The van der Waals surface area contributed by atoms with E-state index in [1.807, 2.05) is 35.2 Å². The van der Waals surface area contributed by atoms with Crippen LogP contribution in [0, 0.1) is 11.8 Å². The van der Waals surface area contributed by atoms with Gasteiger partial charge in [0.05, 0.1) is 12.0 Å². The maximum absolute atomic E-state index is 13.2. The quantitative estimate of drug-likeness (QED) is 0.889. The van der Waals surface area contributed by atoms with Crippen molar-refractivity contribution >= 4 is 11.9 Å². The monoisotopic (exact) mass is 345 g/mol. The highest BCUT2D eigenvalue weighted by Crippen LogP contribution is 2.36. The fraction of sp³-hybridized carbons (Fsp3) is 0.600. The van der Waals surface area contributed by atoms with Crippen LogP contribution in [0.4, 0.5) is 0 Å². The van der Waals surface area contributed by atoms with E-state index in [2.05, 4.69) is 0 Å². The number of carbonyl (C=O) groups is 2. The van der Waals surface area contributed by atoms with Crippen molar-refractivity contribution in [1.82, 2.24) is 4.90 Å². The Morgan fingerprint density at radius 1 is 1.16 bits per heavy atom. The van der Waals surface area contributed by atoms with Gasteiger partial charge in [-0.3, -0.25) is 9.59 Å². The molecular formula is C20H27NO4. The summed E-state index contributed by atoms with van der Waals surface area (Å²) in [5.41, 5.74) is 1.07. The molecule has 1 aromatic rings. The number of likely N-dealkylation sites (tertiary alicyclic amines) is 1. The maximum atomic E-state index is 13.2. The molecule has 2 heterocycles. The van der Waals surface area contributed by atoms with Crippen molar-refractivity contribution in [2.45, 2.75) is 44.6 Å². The summed E-state index contributed by atoms with van der Waals surface area (Å²) in [5.74, 6) is -0.412. The predicted molar refractivity (Wildman–Crippen MR) is 94.0 cm³/mol. The first-order valence-electron chi connectivity index (χ1n) is 9.32. The summed E-state index contributed by atoms with van der Waals surface area (Å²) in [6.45, 7) is 2.16. The van der Waals surface area contributed by atoms with Crippen molar-refractivity contribution in [2.75, 3.05) is 19.7 Å². The molecule has 2 aliphatic rings. The molecule has 2 saturated heterocycles. The van der Waals surface area contributed by atoms with Gasteiger partial charge in [-0.15, -0.1) is 0 Å². The molecule has 0 aromatic heterocycles. The molecule has 3 rings (SSSR count). The highest BCUT2D eigenvalue weighted by atomic mass is 16.5. The molecule has 2 aliphatic heterocycles. The van der Waals surface area contributed by atoms with Crippen LogP contribution in [0.15, 0.2) is 30.3 Å². The van der Waals surface area contributed by atoms with Gasteiger partial charge in [0.2, 0.25) is 5.91 Å². The van der Waals surface area contributed by atoms with Crippen LogP contribution in [0.5, 0.6) is 0 Å². The number of hydrogen-bond acceptors (Lipinski definition) is 3. The van der Waals surface area contributed by atoms with E-state index in [0.29, 0.717) is 25.5 Å². The number of piperidine rings is 1. The molecule has 3 atom stereocenters. The lowest BCUT2D eigenvalue weighted by Crippen LogP contribution is -2.45. The predicted octanol–water partition coefficient (Wildman–Crippen LogP) is 3.26. The number of nitrogens with zero attached hydrogens (tertiary/aromatic N) is 1. The Morgan fingerprint density at radius 3 is 2.72 bits per heavy atom. The van der Waals surface area contributed by atoms with Gasteiger partial charge in [-0.25, -0.2) is 0 Å². The minimum atomic E-state index is -0.756. The standard InChI is InChI=1S/C20H27NO4/c22-18(23)11-10-15-6-4-12-21(14-15)20(24)17-9-5-13-25-19(17)16-7-2-1-3-8-16/h1-3,7-8,15,17,19H,4-6,9-14H2,(H,22,23)/t15-,17-,19+/m0/s1. The van der Waals surface area contributed by atoms with Crippen LogP contribution in [0.1, 0.15) is 50.2 Å². The van der Waals surface area contributed by atoms with Crippen LogP contribution in [0.3, 0.4) is 0 Å². The molecule has 136 valence electrons. The third-order valence-corrected chi connectivity index (χ3v) is 5.36. The zero-order valence-corrected chi connectivity index (χ0v) is 14.6. The van der Waals surface area contributed by atoms with Gasteiger partial charge in [-0.1, -0.05) is 30.3 Å². The molecule has 5 nitrogen and oxygen atoms in total. The molecule has 0 bridgehead atoms. The van der Waals surface area contributed by atoms with Gasteiger partial charge in [0, 0.05) is 26.1 Å². The number of amides is 1. The summed E-state index contributed by atoms with van der Waals surface area (Å²) in [7, 11) is 0. The van der Waals surface area contributed by atoms with Crippen molar-refractivity contribution in [2.24, 2.45) is 11.8 Å². The van der Waals surface area contributed by atoms with Crippen molar-refractivity contribution in [1.29, 1.82) is 0 Å². The third-order valence-electron chi connectivity index (χ3n) is 5.36. The zero-order chi connectivity index (χ0) is 17.6. The topological polar surface area (TPSA) is 66.8 Å². The summed E-state index contributed by atoms with van der Waals surface area (Å²) in [5, 5.41) is 8.89. The maximum Gasteiger partial charge on any atom is 0.303 e. The van der Waals surface area contributed by atoms with Crippen LogP contribution in [-0.2, 0) is 14.3 Å². The highest BCUT2D eigenvalue weighted by Gasteiger charge is 2.37. The van der Waals surface area contributed by atoms with E-state index in [1.54, 1.807) is 0 Å². The molecule has 1 amide bonds. The lowest BCUT2D eigenvalue weighted by Gasteiger charge is -2.38. The summed E-state index contributed by atoms with van der Waals surface area (Å²) in [6, 6.07) is 10.0. The number of aliphatic carboxylic acids is 1. The van der Waals surface area contributed by atoms with Gasteiger partial charge >= 0.3 is 5.97 Å². The van der Waals surface area contributed by atoms with Gasteiger partial charge in [0.15, 0.2) is 0 Å². The van der Waals surface area contributed by atoms with Gasteiger partial charge in [-0.05, 0) is 43.6 Å². The Bertz CT molecular complexity index is 589. The Hall–Kier alpha value is -1.88. The second-order valence-corrected chi connectivity index (χ2v) is 7.18. The Balaban J connectivity index is 1.66. The van der Waals surface area contributed by atoms with Gasteiger partial charge in [0.25, 0.3) is 0 Å². The van der Waals surface area contributed by atoms with Crippen LogP contribution in [0.2, 0.25) is 0 Å². The van der Waals surface area contributed by atoms with E-state index in [-0.39, 0.29) is 24.3 Å². The molecule has 1 aromatic carbocycles. The van der Waals surface area contributed by atoms with E-state index in [0.717, 1.165) is 37.8 Å². The number of carboxylic acids is 1. The fourth-order valence-electron chi connectivity index (χ4n) is 4.07. The smallest absolute Gasteiger partial charge is 0.303 e. The molecule has 5 heteroatoms. The Kier molecular flexibility index (Phi) is 6.08. The lowest BCUT2D eigenvalue weighted by molar-refractivity contribution is -0.147. The van der Waals surface area contributed by atoms with Gasteiger partial charge in [-0.2, -0.15) is 0 Å². The fourth-order valence-corrected chi connectivity index (χ4v) is 4.07. The molecule has 0 unspecified atom stereocenters. The van der Waals surface area contributed by atoms with Crippen LogP contribution < -0.4 is 0 Å². The lowest BCUT2D eigenvalue weighted by atomic mass is 9.86. The van der Waals surface area contributed by atoms with E-state index in [1.165, 1.54) is 0 Å². The number of benzene rings is 1. The number of rotatable bonds is 5. The van der Waals surface area contributed by atoms with E-state index in [9.17, 15) is 9.59 Å². The largest absolute Gasteiger partial charge is 0.481 e. The number of carboxylic acid groups (broad SMARTS) is 1. The summed E-state index contributed by atoms with van der Waals surface area (Å²) < 4.78 is 5.97. The number of hydrogen-bond donors (Lipinski definition) is 1. The molecule has 0 saturated carbocycles. The van der Waals surface area contributed by atoms with Crippen molar-refractivity contribution < 1.29 is 19.4 Å². The zero-order valence-electron chi connectivity index (χ0n) is 14.6. The first-order chi connectivity index (χ1) is 12.1. The van der Waals surface area contributed by atoms with Crippen LogP contribution >= 0.6 is 0 Å². The molecule has 0 aliphatic carbocycles. The van der Waals surface area contributed by atoms with Crippen molar-refractivity contribution in [3.8, 4) is 0 Å². The van der Waals surface area contributed by atoms with Crippen molar-refractivity contribution in [3.05, 3.63) is 35.9 Å². The average molecular weight is 345 g/mol. The summed E-state index contributed by atoms with van der Waals surface area (Å²) in [4.78, 5) is 25.9. The average Bonchev–Trinajstić information content (AvgIpc) is 2.67. The van der Waals surface area contributed by atoms with Crippen molar-refractivity contribution in [3.63, 3.8) is 0 Å². The molecule has 0 radical (unpaired) electrons. The second-order valence-electron chi connectivity index (χ2n) is 7.18. The summed E-state index contributed by atoms with van der Waals surface area (Å²) in [6.07, 6.45) is 4.42. The van der Waals surface area contributed by atoms with E-state index < -0.39 is 5.97 Å². The Morgan fingerprint density at radius 2 is 1.96 bits per heavy atom. The second kappa shape index (κ2) is 8.48. The molecule has 0 spiro atoms. The normalized spacial score (nSPS) is 27.0. The Labute approximate surface area is 149 Å². The first-order valence-corrected chi connectivity index (χ1v) is 9.32. The van der Waals surface area contributed by atoms with E-state index in [4.69, 9.17) is 9.84 Å². The van der Waals surface area contributed by atoms with E-state index >= 15 is 0 Å². The minimum Gasteiger partial charge on any atom is -0.481 e. The molecule has 25 heavy (non-hydrogen) atoms. The minimum absolute atomic E-state index is 0.130. The molecule has 1 N–H and O–H groups in total. The third kappa shape index (κ3) is 4.60. The number of carbonyl (C=O) groups excluding carboxylic acids is 1. The summed E-state index contributed by atoms with van der Waals surface area (Å²) >= 11 is 0. The number of ether oxygens (including phenoxy) is 1. The SMILES string of the molecule is O=C(O)CC[C@@H]1CCCN(C(=O)[C@H]2CCCO[C@@H]2c2ccccc2)C1. The van der Waals surface area contributed by atoms with Gasteiger partial charge < -0.3 is 14.7 Å². The molecular weight excluding hydrogens is 318 g/mol. The van der Waals surface area contributed by atoms with Crippen LogP contribution in [-0.4, -0.2) is 41.6 Å². The van der Waals surface area contributed by atoms with Gasteiger partial charge in [0.1, 0.15) is 0 Å². The first kappa shape index (κ1) is 17.9.